The SMILES string of the molecule is Cc1cc2c(-c3ccc(CN)cc3)cccc2nc1N.Cc1cc2c(CCC(N)=O)cccc2nc1N.Cc1cc2c(CCN)cccc2nc1N.Cc1cc2c(CCN)cccc2nc1N.Cc1cc2c(CCN)cccc2nc1N.Cc1cc2c(CCN)cccc2nc1N. The molecular weight excluding hydrogens is 1200 g/mol. The van der Waals surface area contributed by atoms with E-state index < -0.39 is 0 Å². The number of anilines is 6. The second-order valence-corrected chi connectivity index (χ2v) is 24.0. The number of pyridine rings is 6. The summed E-state index contributed by atoms with van der Waals surface area (Å²) >= 11 is 0. The molecule has 0 saturated heterocycles. The molecule has 24 N–H and O–H groups in total. The molecule has 0 bridgehead atoms. The highest BCUT2D eigenvalue weighted by molar-refractivity contribution is 5.96. The molecule has 1 amide bonds. The minimum Gasteiger partial charge on any atom is -0.383 e. The van der Waals surface area contributed by atoms with Crippen molar-refractivity contribution in [2.45, 2.75) is 86.6 Å². The standard InChI is InChI=1S/C17H17N3.C13H15N3O.4C12H15N3/c1-11-9-15-14(3-2-4-16(15)20-17(11)19)13-7-5-12(10-18)6-8-13;1-8-7-10-9(5-6-12(14)17)3-2-4-11(10)16-13(8)15;4*1-8-7-10-9(5-6-13)3-2-4-11(10)15-12(8)14/h2-9H,10,18H2,1H3,(H2,19,20);2-4,7H,5-6H2,1H3,(H2,14,17)(H2,15,16);4*2-4,7H,5-6,13H2,1H3,(H2,14,15). The molecule has 0 unspecified atom stereocenters. The maximum Gasteiger partial charge on any atom is 0.217 e. The number of aromatic nitrogens is 6. The Balaban J connectivity index is 0.000000149. The number of primary amides is 1. The lowest BCUT2D eigenvalue weighted by Gasteiger charge is -2.09. The molecule has 0 fully saturated rings. The number of amides is 1. The van der Waals surface area contributed by atoms with E-state index in [0.29, 0.717) is 80.5 Å². The minimum absolute atomic E-state index is 0.290. The summed E-state index contributed by atoms with van der Waals surface area (Å²) in [4.78, 5) is 37.0. The van der Waals surface area contributed by atoms with E-state index in [0.717, 1.165) is 136 Å². The quantitative estimate of drug-likeness (QED) is 0.0510. The van der Waals surface area contributed by atoms with Crippen LogP contribution < -0.4 is 68.8 Å². The van der Waals surface area contributed by atoms with Crippen molar-refractivity contribution >= 4 is 106 Å². The van der Waals surface area contributed by atoms with Gasteiger partial charge < -0.3 is 68.8 Å². The van der Waals surface area contributed by atoms with E-state index >= 15 is 0 Å². The fourth-order valence-corrected chi connectivity index (χ4v) is 11.2. The van der Waals surface area contributed by atoms with E-state index in [-0.39, 0.29) is 5.91 Å². The largest absolute Gasteiger partial charge is 0.383 e. The molecule has 0 radical (unpaired) electrons. The van der Waals surface area contributed by atoms with Crippen molar-refractivity contribution in [3.05, 3.63) is 237 Å². The molecule has 0 atom stereocenters. The van der Waals surface area contributed by atoms with Gasteiger partial charge in [-0.3, -0.25) is 4.79 Å². The molecule has 6 aromatic heterocycles. The zero-order chi connectivity index (χ0) is 69.9. The van der Waals surface area contributed by atoms with E-state index in [1.54, 1.807) is 0 Å². The summed E-state index contributed by atoms with van der Waals surface area (Å²) < 4.78 is 0. The topological polar surface area (TPSA) is 407 Å². The Morgan fingerprint density at radius 1 is 0.309 bits per heavy atom. The molecular formula is C78H92N18O. The lowest BCUT2D eigenvalue weighted by Crippen LogP contribution is -2.11. The molecule has 0 aliphatic rings. The van der Waals surface area contributed by atoms with Gasteiger partial charge in [0, 0.05) is 45.3 Å². The summed E-state index contributed by atoms with van der Waals surface area (Å²) in [6.45, 7) is 15.0. The predicted octanol–water partition coefficient (Wildman–Crippen LogP) is 11.3. The number of carbonyl (C=O) groups is 1. The first-order valence-corrected chi connectivity index (χ1v) is 32.4. The maximum atomic E-state index is 10.8. The molecule has 0 spiro atoms. The molecule has 19 nitrogen and oxygen atoms in total. The summed E-state index contributed by atoms with van der Waals surface area (Å²) in [5, 5.41) is 6.81. The zero-order valence-electron chi connectivity index (χ0n) is 56.5. The Labute approximate surface area is 567 Å². The van der Waals surface area contributed by atoms with E-state index in [4.69, 9.17) is 68.8 Å². The van der Waals surface area contributed by atoms with Gasteiger partial charge >= 0.3 is 0 Å². The Morgan fingerprint density at radius 3 is 0.794 bits per heavy atom. The molecule has 13 rings (SSSR count). The van der Waals surface area contributed by atoms with Crippen LogP contribution in [0.3, 0.4) is 0 Å². The van der Waals surface area contributed by atoms with Crippen molar-refractivity contribution < 1.29 is 4.79 Å². The van der Waals surface area contributed by atoms with Gasteiger partial charge in [-0.1, -0.05) is 97.1 Å². The average Bonchev–Trinajstić information content (AvgIpc) is 0.831. The molecule has 500 valence electrons. The van der Waals surface area contributed by atoms with Gasteiger partial charge in [-0.05, 0) is 251 Å². The molecule has 7 aromatic carbocycles. The van der Waals surface area contributed by atoms with E-state index in [1.807, 2.05) is 126 Å². The highest BCUT2D eigenvalue weighted by atomic mass is 16.1. The highest BCUT2D eigenvalue weighted by Crippen LogP contribution is 2.31. The molecule has 13 aromatic rings. The van der Waals surface area contributed by atoms with Crippen LogP contribution in [0.4, 0.5) is 34.9 Å². The first-order chi connectivity index (χ1) is 46.6. The highest BCUT2D eigenvalue weighted by Gasteiger charge is 2.12. The van der Waals surface area contributed by atoms with Gasteiger partial charge in [-0.2, -0.15) is 0 Å². The van der Waals surface area contributed by atoms with Crippen LogP contribution in [0.2, 0.25) is 0 Å². The third-order valence-electron chi connectivity index (χ3n) is 16.8. The Bertz CT molecular complexity index is 4510. The monoisotopic (exact) mass is 1300 g/mol. The average molecular weight is 1300 g/mol. The summed E-state index contributed by atoms with van der Waals surface area (Å²) in [6.07, 6.45) is 4.50. The van der Waals surface area contributed by atoms with Crippen LogP contribution in [0.5, 0.6) is 0 Å². The molecule has 97 heavy (non-hydrogen) atoms. The van der Waals surface area contributed by atoms with E-state index in [9.17, 15) is 4.79 Å². The fourth-order valence-electron chi connectivity index (χ4n) is 11.2. The normalized spacial score (nSPS) is 10.8. The lowest BCUT2D eigenvalue weighted by molar-refractivity contribution is -0.118. The number of nitrogen functional groups attached to an aromatic ring is 6. The summed E-state index contributed by atoms with van der Waals surface area (Å²) in [6, 6.07) is 57.0. The van der Waals surface area contributed by atoms with Gasteiger partial charge in [0.25, 0.3) is 0 Å². The summed E-state index contributed by atoms with van der Waals surface area (Å²) in [7, 11) is 0. The predicted molar refractivity (Wildman–Crippen MR) is 407 cm³/mol. The van der Waals surface area contributed by atoms with Crippen molar-refractivity contribution in [1.29, 1.82) is 0 Å². The van der Waals surface area contributed by atoms with Crippen molar-refractivity contribution in [1.82, 2.24) is 29.9 Å². The maximum absolute atomic E-state index is 10.8. The van der Waals surface area contributed by atoms with E-state index in [1.165, 1.54) is 33.4 Å². The lowest BCUT2D eigenvalue weighted by atomic mass is 9.98. The number of benzene rings is 7. The van der Waals surface area contributed by atoms with Crippen LogP contribution >= 0.6 is 0 Å². The number of nitrogens with two attached hydrogens (primary N) is 12. The minimum atomic E-state index is -0.290. The Kier molecular flexibility index (Phi) is 25.2. The fraction of sp³-hybridized carbons (Fsp3) is 0.218. The first kappa shape index (κ1) is 71.9. The van der Waals surface area contributed by atoms with Crippen LogP contribution in [-0.4, -0.2) is 62.0 Å². The third kappa shape index (κ3) is 18.5. The zero-order valence-corrected chi connectivity index (χ0v) is 56.5. The van der Waals surface area contributed by atoms with Crippen LogP contribution in [0.1, 0.15) is 73.2 Å². The van der Waals surface area contributed by atoms with Crippen LogP contribution in [0, 0.1) is 41.5 Å². The van der Waals surface area contributed by atoms with Crippen LogP contribution in [0.25, 0.3) is 76.5 Å². The number of aryl methyl sites for hydroxylation is 7. The molecule has 0 saturated carbocycles. The second kappa shape index (κ2) is 34.0. The third-order valence-corrected chi connectivity index (χ3v) is 16.8. The van der Waals surface area contributed by atoms with Gasteiger partial charge in [0.05, 0.1) is 33.1 Å². The smallest absolute Gasteiger partial charge is 0.217 e. The van der Waals surface area contributed by atoms with Crippen molar-refractivity contribution in [2.75, 3.05) is 60.6 Å². The van der Waals surface area contributed by atoms with Crippen LogP contribution in [-0.2, 0) is 43.4 Å². The second-order valence-electron chi connectivity index (χ2n) is 24.0. The number of nitrogens with zero attached hydrogens (tertiary/aromatic N) is 6. The molecule has 0 aliphatic heterocycles. The molecule has 0 aliphatic carbocycles. The van der Waals surface area contributed by atoms with Crippen molar-refractivity contribution in [3.8, 4) is 11.1 Å². The number of rotatable bonds is 13. The van der Waals surface area contributed by atoms with Crippen molar-refractivity contribution in [2.24, 2.45) is 34.4 Å². The summed E-state index contributed by atoms with van der Waals surface area (Å²) in [5.41, 5.74) is 89.0. The van der Waals surface area contributed by atoms with Gasteiger partial charge in [0.2, 0.25) is 5.91 Å². The number of hydrogen-bond donors (Lipinski definition) is 12. The number of fused-ring (bicyclic) bond motifs is 6. The van der Waals surface area contributed by atoms with Gasteiger partial charge in [0.15, 0.2) is 0 Å². The van der Waals surface area contributed by atoms with Crippen molar-refractivity contribution in [3.63, 3.8) is 0 Å². The number of carbonyl (C=O) groups excluding carboxylic acids is 1. The number of hydrogen-bond acceptors (Lipinski definition) is 18. The van der Waals surface area contributed by atoms with Gasteiger partial charge in [0.1, 0.15) is 34.9 Å². The summed E-state index contributed by atoms with van der Waals surface area (Å²) in [5.74, 6) is 3.26. The Hall–Kier alpha value is -10.9. The van der Waals surface area contributed by atoms with E-state index in [2.05, 4.69) is 115 Å². The van der Waals surface area contributed by atoms with Gasteiger partial charge in [-0.25, -0.2) is 29.9 Å². The molecule has 6 heterocycles. The van der Waals surface area contributed by atoms with Gasteiger partial charge in [-0.15, -0.1) is 0 Å². The Morgan fingerprint density at radius 2 is 0.546 bits per heavy atom. The van der Waals surface area contributed by atoms with Crippen LogP contribution in [0.15, 0.2) is 170 Å². The molecule has 19 heteroatoms. The first-order valence-electron chi connectivity index (χ1n) is 32.4.